The Morgan fingerprint density at radius 3 is 2.72 bits per heavy atom. The van der Waals surface area contributed by atoms with Crippen LogP contribution in [0.2, 0.25) is 0 Å². The van der Waals surface area contributed by atoms with Gasteiger partial charge in [-0.25, -0.2) is 14.8 Å². The summed E-state index contributed by atoms with van der Waals surface area (Å²) in [5, 5.41) is 14.7. The van der Waals surface area contributed by atoms with Gasteiger partial charge in [0.2, 0.25) is 0 Å². The van der Waals surface area contributed by atoms with Crippen molar-refractivity contribution in [2.45, 2.75) is 37.8 Å². The van der Waals surface area contributed by atoms with Gasteiger partial charge in [-0.05, 0) is 43.9 Å². The summed E-state index contributed by atoms with van der Waals surface area (Å²) in [6.07, 6.45) is 6.08. The summed E-state index contributed by atoms with van der Waals surface area (Å²) in [7, 11) is 0. The molecule has 3 N–H and O–H groups in total. The summed E-state index contributed by atoms with van der Waals surface area (Å²) >= 11 is 0. The molecule has 3 aromatic rings. The maximum atomic E-state index is 11.4. The van der Waals surface area contributed by atoms with E-state index < -0.39 is 5.97 Å². The van der Waals surface area contributed by atoms with Crippen molar-refractivity contribution in [3.8, 4) is 0 Å². The number of H-pyrrole nitrogens is 1. The van der Waals surface area contributed by atoms with E-state index in [-0.39, 0.29) is 5.56 Å². The summed E-state index contributed by atoms with van der Waals surface area (Å²) in [5.74, 6) is -0.160. The lowest BCUT2D eigenvalue weighted by atomic mass is 9.90. The van der Waals surface area contributed by atoms with Crippen molar-refractivity contribution < 1.29 is 14.6 Å². The molecule has 0 spiro atoms. The summed E-state index contributed by atoms with van der Waals surface area (Å²) in [5.41, 5.74) is 1.85. The number of carbonyl (C=O) groups is 1. The molecule has 1 aliphatic carbocycles. The Labute approximate surface area is 168 Å². The van der Waals surface area contributed by atoms with Gasteiger partial charge in [0.05, 0.1) is 24.2 Å². The van der Waals surface area contributed by atoms with Gasteiger partial charge in [-0.2, -0.15) is 0 Å². The van der Waals surface area contributed by atoms with Gasteiger partial charge >= 0.3 is 5.97 Å². The van der Waals surface area contributed by atoms with Crippen molar-refractivity contribution in [2.24, 2.45) is 0 Å². The first-order valence-corrected chi connectivity index (χ1v) is 10.3. The third kappa shape index (κ3) is 3.54. The molecule has 8 heteroatoms. The number of nitrogens with zero attached hydrogens (tertiary/aromatic N) is 3. The van der Waals surface area contributed by atoms with E-state index in [2.05, 4.69) is 25.2 Å². The second-order valence-corrected chi connectivity index (χ2v) is 7.93. The lowest BCUT2D eigenvalue weighted by Gasteiger charge is -2.39. The number of rotatable bonds is 4. The van der Waals surface area contributed by atoms with Crippen LogP contribution in [-0.4, -0.2) is 69.3 Å². The lowest BCUT2D eigenvalue weighted by Crippen LogP contribution is -2.46. The average molecular weight is 395 g/mol. The van der Waals surface area contributed by atoms with Crippen LogP contribution in [0.15, 0.2) is 24.5 Å². The van der Waals surface area contributed by atoms with Crippen LogP contribution in [0.3, 0.4) is 0 Å². The van der Waals surface area contributed by atoms with Crippen molar-refractivity contribution >= 4 is 33.7 Å². The highest BCUT2D eigenvalue weighted by Gasteiger charge is 2.27. The SMILES string of the molecule is O=C(O)c1ccc2[nH]c3ncnc(N[C@H]4CC[C@H](N5CCOCC5)CC4)c3c2c1. The highest BCUT2D eigenvalue weighted by atomic mass is 16.5. The van der Waals surface area contributed by atoms with E-state index in [1.165, 1.54) is 12.8 Å². The number of anilines is 1. The standard InChI is InChI=1S/C21H25N5O3/c27-21(28)13-1-6-17-16(11-13)18-19(22-12-23-20(18)25-17)24-14-2-4-15(5-3-14)26-7-9-29-10-8-26/h1,6,11-12,14-15H,2-5,7-10H2,(H,27,28)(H2,22,23,24,25)/t14-,15-. The second-order valence-electron chi connectivity index (χ2n) is 7.93. The zero-order chi connectivity index (χ0) is 19.8. The number of carboxylic acids is 1. The van der Waals surface area contributed by atoms with Crippen LogP contribution >= 0.6 is 0 Å². The summed E-state index contributed by atoms with van der Waals surface area (Å²) in [6.45, 7) is 3.76. The first-order chi connectivity index (χ1) is 14.2. The van der Waals surface area contributed by atoms with E-state index in [4.69, 9.17) is 4.74 Å². The number of morpholine rings is 1. The zero-order valence-corrected chi connectivity index (χ0v) is 16.2. The van der Waals surface area contributed by atoms with E-state index in [0.717, 1.165) is 66.9 Å². The third-order valence-electron chi connectivity index (χ3n) is 6.24. The molecule has 3 heterocycles. The van der Waals surface area contributed by atoms with Gasteiger partial charge in [0.15, 0.2) is 0 Å². The molecule has 2 aliphatic rings. The predicted molar refractivity (Wildman–Crippen MR) is 110 cm³/mol. The summed E-state index contributed by atoms with van der Waals surface area (Å²) in [4.78, 5) is 26.1. The molecule has 1 aliphatic heterocycles. The fourth-order valence-corrected chi connectivity index (χ4v) is 4.69. The van der Waals surface area contributed by atoms with Gasteiger partial charge in [-0.1, -0.05) is 0 Å². The van der Waals surface area contributed by atoms with Crippen molar-refractivity contribution in [1.82, 2.24) is 19.9 Å². The fraction of sp³-hybridized carbons (Fsp3) is 0.476. The Morgan fingerprint density at radius 1 is 1.17 bits per heavy atom. The minimum absolute atomic E-state index is 0.263. The monoisotopic (exact) mass is 395 g/mol. The molecule has 8 nitrogen and oxygen atoms in total. The average Bonchev–Trinajstić information content (AvgIpc) is 3.13. The molecule has 1 saturated carbocycles. The Balaban J connectivity index is 1.37. The van der Waals surface area contributed by atoms with Crippen LogP contribution in [-0.2, 0) is 4.74 Å². The normalized spacial score (nSPS) is 23.4. The summed E-state index contributed by atoms with van der Waals surface area (Å²) < 4.78 is 5.47. The quantitative estimate of drug-likeness (QED) is 0.624. The van der Waals surface area contributed by atoms with Gasteiger partial charge in [-0.15, -0.1) is 0 Å². The minimum Gasteiger partial charge on any atom is -0.478 e. The van der Waals surface area contributed by atoms with Crippen LogP contribution in [0.1, 0.15) is 36.0 Å². The van der Waals surface area contributed by atoms with Crippen molar-refractivity contribution in [3.05, 3.63) is 30.1 Å². The topological polar surface area (TPSA) is 103 Å². The number of benzene rings is 1. The molecule has 0 unspecified atom stereocenters. The molecular formula is C21H25N5O3. The van der Waals surface area contributed by atoms with Crippen molar-refractivity contribution in [2.75, 3.05) is 31.6 Å². The number of fused-ring (bicyclic) bond motifs is 3. The van der Waals surface area contributed by atoms with Crippen molar-refractivity contribution in [3.63, 3.8) is 0 Å². The molecule has 0 radical (unpaired) electrons. The third-order valence-corrected chi connectivity index (χ3v) is 6.24. The Bertz CT molecular complexity index is 1040. The maximum absolute atomic E-state index is 11.4. The number of aromatic carboxylic acids is 1. The van der Waals surface area contributed by atoms with Gasteiger partial charge in [0, 0.05) is 36.1 Å². The largest absolute Gasteiger partial charge is 0.478 e. The number of hydrogen-bond donors (Lipinski definition) is 3. The van der Waals surface area contributed by atoms with Crippen LogP contribution in [0.25, 0.3) is 21.9 Å². The van der Waals surface area contributed by atoms with E-state index in [9.17, 15) is 9.90 Å². The maximum Gasteiger partial charge on any atom is 0.335 e. The van der Waals surface area contributed by atoms with Crippen LogP contribution in [0.5, 0.6) is 0 Å². The first kappa shape index (κ1) is 18.3. The molecule has 2 aromatic heterocycles. The molecule has 5 rings (SSSR count). The van der Waals surface area contributed by atoms with E-state index in [1.54, 1.807) is 24.5 Å². The molecule has 152 valence electrons. The summed E-state index contributed by atoms with van der Waals surface area (Å²) in [6, 6.07) is 6.10. The molecular weight excluding hydrogens is 370 g/mol. The molecule has 1 aromatic carbocycles. The minimum atomic E-state index is -0.936. The van der Waals surface area contributed by atoms with E-state index in [1.807, 2.05) is 0 Å². The van der Waals surface area contributed by atoms with E-state index in [0.29, 0.717) is 12.1 Å². The number of nitrogens with one attached hydrogen (secondary N) is 2. The van der Waals surface area contributed by atoms with Crippen molar-refractivity contribution in [1.29, 1.82) is 0 Å². The molecule has 29 heavy (non-hydrogen) atoms. The van der Waals surface area contributed by atoms with Crippen LogP contribution < -0.4 is 5.32 Å². The molecule has 0 amide bonds. The van der Waals surface area contributed by atoms with Crippen LogP contribution in [0.4, 0.5) is 5.82 Å². The second kappa shape index (κ2) is 7.61. The number of aromatic amines is 1. The van der Waals surface area contributed by atoms with Gasteiger partial charge in [0.25, 0.3) is 0 Å². The zero-order valence-electron chi connectivity index (χ0n) is 16.2. The van der Waals surface area contributed by atoms with Gasteiger partial charge < -0.3 is 20.1 Å². The number of ether oxygens (including phenoxy) is 1. The number of hydrogen-bond acceptors (Lipinski definition) is 6. The highest BCUT2D eigenvalue weighted by molar-refractivity contribution is 6.12. The highest BCUT2D eigenvalue weighted by Crippen LogP contribution is 2.32. The number of aromatic nitrogens is 3. The Kier molecular flexibility index (Phi) is 4.81. The molecule has 0 atom stereocenters. The van der Waals surface area contributed by atoms with Gasteiger partial charge in [-0.3, -0.25) is 4.90 Å². The fourth-order valence-electron chi connectivity index (χ4n) is 4.69. The predicted octanol–water partition coefficient (Wildman–Crippen LogP) is 2.86. The number of carboxylic acid groups (broad SMARTS) is 1. The first-order valence-electron chi connectivity index (χ1n) is 10.3. The van der Waals surface area contributed by atoms with Crippen LogP contribution in [0, 0.1) is 0 Å². The van der Waals surface area contributed by atoms with Gasteiger partial charge in [0.1, 0.15) is 17.8 Å². The smallest absolute Gasteiger partial charge is 0.335 e. The molecule has 2 fully saturated rings. The molecule has 0 bridgehead atoms. The Morgan fingerprint density at radius 2 is 1.97 bits per heavy atom. The molecule has 1 saturated heterocycles. The van der Waals surface area contributed by atoms with E-state index >= 15 is 0 Å². The lowest BCUT2D eigenvalue weighted by molar-refractivity contribution is 0.00791. The Hall–Kier alpha value is -2.71.